The third kappa shape index (κ3) is 4.37. The maximum absolute atomic E-state index is 12.9. The molecular weight excluding hydrogens is 330 g/mol. The molecule has 0 aliphatic carbocycles. The van der Waals surface area contributed by atoms with E-state index in [0.717, 1.165) is 52.0 Å². The molecule has 2 heterocycles. The minimum Gasteiger partial charge on any atom is -0.507 e. The fourth-order valence-corrected chi connectivity index (χ4v) is 4.30. The van der Waals surface area contributed by atoms with Gasteiger partial charge in [-0.15, -0.1) is 0 Å². The number of nitrogens with zero attached hydrogens (tertiary/aromatic N) is 3. The lowest BCUT2D eigenvalue weighted by Gasteiger charge is -2.46. The van der Waals surface area contributed by atoms with Gasteiger partial charge in [-0.25, -0.2) is 0 Å². The minimum atomic E-state index is -0.0890. The van der Waals surface area contributed by atoms with Crippen molar-refractivity contribution in [2.24, 2.45) is 5.92 Å². The Bertz CT molecular complexity index is 602. The smallest absolute Gasteiger partial charge is 0.257 e. The van der Waals surface area contributed by atoms with Gasteiger partial charge in [-0.05, 0) is 44.4 Å². The Kier molecular flexibility index (Phi) is 6.51. The predicted molar refractivity (Wildman–Crippen MR) is 101 cm³/mol. The SMILES string of the molecule is CN1CCN(C2CCN(C(=O)c3ccccc3O)CC2CCCO)CC1. The second-order valence-electron chi connectivity index (χ2n) is 7.59. The summed E-state index contributed by atoms with van der Waals surface area (Å²) in [5, 5.41) is 19.3. The van der Waals surface area contributed by atoms with Crippen LogP contribution in [-0.4, -0.2) is 89.8 Å². The van der Waals surface area contributed by atoms with Crippen molar-refractivity contribution in [2.45, 2.75) is 25.3 Å². The molecule has 3 rings (SSSR count). The maximum atomic E-state index is 12.9. The van der Waals surface area contributed by atoms with Gasteiger partial charge in [0.2, 0.25) is 0 Å². The number of aliphatic hydroxyl groups is 1. The number of likely N-dealkylation sites (tertiary alicyclic amines) is 1. The van der Waals surface area contributed by atoms with Crippen LogP contribution in [0.25, 0.3) is 0 Å². The van der Waals surface area contributed by atoms with E-state index < -0.39 is 0 Å². The molecule has 2 aliphatic rings. The van der Waals surface area contributed by atoms with Crippen molar-refractivity contribution >= 4 is 5.91 Å². The van der Waals surface area contributed by atoms with Crippen molar-refractivity contribution in [3.63, 3.8) is 0 Å². The van der Waals surface area contributed by atoms with Crippen LogP contribution < -0.4 is 0 Å². The van der Waals surface area contributed by atoms with E-state index in [2.05, 4.69) is 16.8 Å². The predicted octanol–water partition coefficient (Wildman–Crippen LogP) is 1.24. The summed E-state index contributed by atoms with van der Waals surface area (Å²) in [7, 11) is 2.16. The molecule has 2 atom stereocenters. The molecule has 0 spiro atoms. The number of hydrogen-bond acceptors (Lipinski definition) is 5. The van der Waals surface area contributed by atoms with E-state index in [1.54, 1.807) is 24.3 Å². The van der Waals surface area contributed by atoms with E-state index in [1.807, 2.05) is 4.90 Å². The molecule has 26 heavy (non-hydrogen) atoms. The minimum absolute atomic E-state index is 0.0469. The normalized spacial score (nSPS) is 25.4. The molecule has 144 valence electrons. The summed E-state index contributed by atoms with van der Waals surface area (Å²) in [5.74, 6) is 0.327. The van der Waals surface area contributed by atoms with Crippen LogP contribution in [0.1, 0.15) is 29.6 Å². The van der Waals surface area contributed by atoms with Crippen LogP contribution >= 0.6 is 0 Å². The number of phenolic OH excluding ortho intramolecular Hbond substituents is 1. The highest BCUT2D eigenvalue weighted by atomic mass is 16.3. The van der Waals surface area contributed by atoms with E-state index in [1.165, 1.54) is 0 Å². The lowest BCUT2D eigenvalue weighted by molar-refractivity contribution is 0.0217. The number of benzene rings is 1. The summed E-state index contributed by atoms with van der Waals surface area (Å²) < 4.78 is 0. The van der Waals surface area contributed by atoms with Crippen molar-refractivity contribution in [3.8, 4) is 5.75 Å². The molecule has 1 aromatic rings. The zero-order valence-corrected chi connectivity index (χ0v) is 15.7. The molecule has 1 amide bonds. The van der Waals surface area contributed by atoms with E-state index in [0.29, 0.717) is 24.1 Å². The van der Waals surface area contributed by atoms with Crippen LogP contribution in [0.15, 0.2) is 24.3 Å². The molecule has 6 heteroatoms. The van der Waals surface area contributed by atoms with Gasteiger partial charge in [-0.1, -0.05) is 12.1 Å². The fourth-order valence-electron chi connectivity index (χ4n) is 4.30. The average molecular weight is 361 g/mol. The Balaban J connectivity index is 1.69. The summed E-state index contributed by atoms with van der Waals surface area (Å²) in [6, 6.07) is 7.24. The number of aromatic hydroxyl groups is 1. The van der Waals surface area contributed by atoms with Gasteiger partial charge in [0.15, 0.2) is 0 Å². The van der Waals surface area contributed by atoms with E-state index in [-0.39, 0.29) is 18.3 Å². The molecule has 0 aromatic heterocycles. The van der Waals surface area contributed by atoms with Crippen LogP contribution in [0.4, 0.5) is 0 Å². The zero-order chi connectivity index (χ0) is 18.5. The van der Waals surface area contributed by atoms with Gasteiger partial charge in [0, 0.05) is 51.9 Å². The summed E-state index contributed by atoms with van der Waals surface area (Å²) in [6.45, 7) is 5.94. The maximum Gasteiger partial charge on any atom is 0.257 e. The number of hydrogen-bond donors (Lipinski definition) is 2. The Morgan fingerprint density at radius 2 is 1.88 bits per heavy atom. The third-order valence-electron chi connectivity index (χ3n) is 5.86. The Morgan fingerprint density at radius 1 is 1.15 bits per heavy atom. The summed E-state index contributed by atoms with van der Waals surface area (Å²) >= 11 is 0. The van der Waals surface area contributed by atoms with Gasteiger partial charge in [0.25, 0.3) is 5.91 Å². The number of carbonyl (C=O) groups is 1. The summed E-state index contributed by atoms with van der Waals surface area (Å²) in [5.41, 5.74) is 0.381. The number of amides is 1. The zero-order valence-electron chi connectivity index (χ0n) is 15.7. The van der Waals surface area contributed by atoms with Crippen molar-refractivity contribution in [1.29, 1.82) is 0 Å². The molecule has 2 N–H and O–H groups in total. The summed E-state index contributed by atoms with van der Waals surface area (Å²) in [6.07, 6.45) is 2.66. The van der Waals surface area contributed by atoms with Crippen molar-refractivity contribution < 1.29 is 15.0 Å². The first-order valence-electron chi connectivity index (χ1n) is 9.71. The molecule has 6 nitrogen and oxygen atoms in total. The van der Waals surface area contributed by atoms with Crippen molar-refractivity contribution in [3.05, 3.63) is 29.8 Å². The Labute approximate surface area is 156 Å². The molecule has 0 bridgehead atoms. The highest BCUT2D eigenvalue weighted by Crippen LogP contribution is 2.29. The highest BCUT2D eigenvalue weighted by molar-refractivity contribution is 5.96. The number of phenols is 1. The van der Waals surface area contributed by atoms with Crippen LogP contribution in [0.3, 0.4) is 0 Å². The highest BCUT2D eigenvalue weighted by Gasteiger charge is 2.36. The Hall–Kier alpha value is -1.63. The van der Waals surface area contributed by atoms with Crippen LogP contribution in [-0.2, 0) is 0 Å². The number of aliphatic hydroxyl groups excluding tert-OH is 1. The number of piperazine rings is 1. The first-order chi connectivity index (χ1) is 12.6. The van der Waals surface area contributed by atoms with Gasteiger partial charge in [-0.3, -0.25) is 9.69 Å². The monoisotopic (exact) mass is 361 g/mol. The topological polar surface area (TPSA) is 67.2 Å². The van der Waals surface area contributed by atoms with Gasteiger partial charge in [0.1, 0.15) is 5.75 Å². The first kappa shape index (κ1) is 19.1. The van der Waals surface area contributed by atoms with E-state index in [4.69, 9.17) is 0 Å². The van der Waals surface area contributed by atoms with Gasteiger partial charge in [-0.2, -0.15) is 0 Å². The van der Waals surface area contributed by atoms with Crippen LogP contribution in [0.2, 0.25) is 0 Å². The molecule has 0 radical (unpaired) electrons. The number of piperidine rings is 1. The third-order valence-corrected chi connectivity index (χ3v) is 5.86. The van der Waals surface area contributed by atoms with E-state index in [9.17, 15) is 15.0 Å². The number of para-hydroxylation sites is 1. The van der Waals surface area contributed by atoms with Gasteiger partial charge >= 0.3 is 0 Å². The molecule has 0 saturated carbocycles. The number of likely N-dealkylation sites (N-methyl/N-ethyl adjacent to an activating group) is 1. The van der Waals surface area contributed by atoms with Crippen LogP contribution in [0, 0.1) is 5.92 Å². The number of rotatable bonds is 5. The van der Waals surface area contributed by atoms with Gasteiger partial charge in [0.05, 0.1) is 5.56 Å². The standard InChI is InChI=1S/C20H31N3O3/c1-21-10-12-22(13-11-21)18-8-9-23(15-16(18)5-4-14-24)20(26)17-6-2-3-7-19(17)25/h2-3,6-7,16,18,24-25H,4-5,8-15H2,1H3. The molecular formula is C20H31N3O3. The van der Waals surface area contributed by atoms with E-state index >= 15 is 0 Å². The number of carbonyl (C=O) groups excluding carboxylic acids is 1. The Morgan fingerprint density at radius 3 is 2.58 bits per heavy atom. The second kappa shape index (κ2) is 8.84. The molecule has 2 fully saturated rings. The summed E-state index contributed by atoms with van der Waals surface area (Å²) in [4.78, 5) is 19.7. The second-order valence-corrected chi connectivity index (χ2v) is 7.59. The quantitative estimate of drug-likeness (QED) is 0.826. The average Bonchev–Trinajstić information content (AvgIpc) is 2.67. The lowest BCUT2D eigenvalue weighted by atomic mass is 9.86. The van der Waals surface area contributed by atoms with Crippen LogP contribution in [0.5, 0.6) is 5.75 Å². The van der Waals surface area contributed by atoms with Crippen molar-refractivity contribution in [1.82, 2.24) is 14.7 Å². The van der Waals surface area contributed by atoms with Crippen molar-refractivity contribution in [2.75, 3.05) is 52.9 Å². The van der Waals surface area contributed by atoms with Gasteiger partial charge < -0.3 is 20.0 Å². The largest absolute Gasteiger partial charge is 0.507 e. The molecule has 2 aliphatic heterocycles. The fraction of sp³-hybridized carbons (Fsp3) is 0.650. The lowest BCUT2D eigenvalue weighted by Crippen LogP contribution is -2.56. The molecule has 2 saturated heterocycles. The first-order valence-corrected chi connectivity index (χ1v) is 9.71. The molecule has 2 unspecified atom stereocenters. The molecule has 1 aromatic carbocycles.